The van der Waals surface area contributed by atoms with Crippen molar-refractivity contribution in [2.75, 3.05) is 0 Å². The van der Waals surface area contributed by atoms with Gasteiger partial charge in [0.2, 0.25) is 0 Å². The minimum absolute atomic E-state index is 0.186. The van der Waals surface area contributed by atoms with E-state index >= 15 is 0 Å². The standard InChI is InChI=1S/C13H19F3O/c1-12(17,13(14,15)16)6-2-3-10-7-9-4-5-11(10)8-9/h4-5,9-11,17H,2-3,6-8H2,1H3. The van der Waals surface area contributed by atoms with E-state index in [1.165, 1.54) is 6.42 Å². The van der Waals surface area contributed by atoms with Gasteiger partial charge in [-0.15, -0.1) is 0 Å². The lowest BCUT2D eigenvalue weighted by molar-refractivity contribution is -0.255. The molecule has 0 saturated heterocycles. The molecular weight excluding hydrogens is 229 g/mol. The molecule has 0 amide bonds. The predicted molar refractivity (Wildman–Crippen MR) is 59.4 cm³/mol. The van der Waals surface area contributed by atoms with Crippen LogP contribution in [-0.2, 0) is 0 Å². The summed E-state index contributed by atoms with van der Waals surface area (Å²) in [4.78, 5) is 0. The third kappa shape index (κ3) is 2.67. The van der Waals surface area contributed by atoms with Gasteiger partial charge in [-0.3, -0.25) is 0 Å². The third-order valence-corrected chi connectivity index (χ3v) is 4.27. The lowest BCUT2D eigenvalue weighted by Crippen LogP contribution is -2.42. The van der Waals surface area contributed by atoms with Crippen LogP contribution < -0.4 is 0 Å². The summed E-state index contributed by atoms with van der Waals surface area (Å²) in [6, 6.07) is 0. The van der Waals surface area contributed by atoms with Crippen molar-refractivity contribution in [3.05, 3.63) is 12.2 Å². The predicted octanol–water partition coefficient (Wildman–Crippen LogP) is 3.68. The normalized spacial score (nSPS) is 35.2. The molecule has 0 aliphatic heterocycles. The number of rotatable bonds is 4. The molecule has 0 heterocycles. The Morgan fingerprint density at radius 2 is 1.94 bits per heavy atom. The number of alkyl halides is 3. The summed E-state index contributed by atoms with van der Waals surface area (Å²) in [6.07, 6.45) is 3.30. The summed E-state index contributed by atoms with van der Waals surface area (Å²) in [5.41, 5.74) is -2.53. The molecule has 0 aromatic heterocycles. The van der Waals surface area contributed by atoms with Gasteiger partial charge in [0.25, 0.3) is 0 Å². The van der Waals surface area contributed by atoms with Gasteiger partial charge in [0, 0.05) is 0 Å². The minimum atomic E-state index is -4.51. The molecule has 2 aliphatic carbocycles. The maximum absolute atomic E-state index is 12.4. The van der Waals surface area contributed by atoms with Crippen LogP contribution in [-0.4, -0.2) is 16.9 Å². The van der Waals surface area contributed by atoms with Crippen molar-refractivity contribution in [3.8, 4) is 0 Å². The molecule has 1 nitrogen and oxygen atoms in total. The highest BCUT2D eigenvalue weighted by molar-refractivity contribution is 5.09. The van der Waals surface area contributed by atoms with E-state index in [0.29, 0.717) is 24.2 Å². The largest absolute Gasteiger partial charge is 0.416 e. The fourth-order valence-electron chi connectivity index (χ4n) is 3.08. The molecule has 2 rings (SSSR count). The average molecular weight is 248 g/mol. The molecule has 4 unspecified atom stereocenters. The number of fused-ring (bicyclic) bond motifs is 2. The van der Waals surface area contributed by atoms with Crippen molar-refractivity contribution in [3.63, 3.8) is 0 Å². The highest BCUT2D eigenvalue weighted by atomic mass is 19.4. The number of halogens is 3. The van der Waals surface area contributed by atoms with E-state index in [2.05, 4.69) is 12.2 Å². The van der Waals surface area contributed by atoms with E-state index < -0.39 is 11.8 Å². The van der Waals surface area contributed by atoms with Crippen molar-refractivity contribution in [2.45, 2.75) is 50.8 Å². The Hall–Kier alpha value is -0.510. The zero-order chi connectivity index (χ0) is 12.7. The highest BCUT2D eigenvalue weighted by Gasteiger charge is 2.49. The fourth-order valence-corrected chi connectivity index (χ4v) is 3.08. The SMILES string of the molecule is CC(O)(CCCC1CC2C=CC1C2)C(F)(F)F. The first kappa shape index (κ1) is 12.9. The lowest BCUT2D eigenvalue weighted by Gasteiger charge is -2.27. The van der Waals surface area contributed by atoms with Gasteiger partial charge in [0.15, 0.2) is 5.60 Å². The molecule has 2 bridgehead atoms. The molecule has 4 atom stereocenters. The summed E-state index contributed by atoms with van der Waals surface area (Å²) in [6.45, 7) is 0.869. The first-order valence-corrected chi connectivity index (χ1v) is 6.27. The van der Waals surface area contributed by atoms with Gasteiger partial charge in [0.1, 0.15) is 0 Å². The van der Waals surface area contributed by atoms with Crippen LogP contribution >= 0.6 is 0 Å². The van der Waals surface area contributed by atoms with E-state index in [0.717, 1.165) is 19.8 Å². The molecule has 2 aliphatic rings. The van der Waals surface area contributed by atoms with Crippen molar-refractivity contribution >= 4 is 0 Å². The number of hydrogen-bond acceptors (Lipinski definition) is 1. The molecule has 98 valence electrons. The number of hydrogen-bond donors (Lipinski definition) is 1. The van der Waals surface area contributed by atoms with Crippen LogP contribution in [0.25, 0.3) is 0 Å². The zero-order valence-electron chi connectivity index (χ0n) is 10.0. The quantitative estimate of drug-likeness (QED) is 0.752. The first-order valence-electron chi connectivity index (χ1n) is 6.27. The second kappa shape index (κ2) is 4.30. The summed E-state index contributed by atoms with van der Waals surface area (Å²) < 4.78 is 37.3. The Morgan fingerprint density at radius 1 is 1.24 bits per heavy atom. The van der Waals surface area contributed by atoms with E-state index in [4.69, 9.17) is 0 Å². The lowest BCUT2D eigenvalue weighted by atomic mass is 9.87. The van der Waals surface area contributed by atoms with Gasteiger partial charge >= 0.3 is 6.18 Å². The summed E-state index contributed by atoms with van der Waals surface area (Å²) >= 11 is 0. The van der Waals surface area contributed by atoms with Crippen LogP contribution in [0.2, 0.25) is 0 Å². The van der Waals surface area contributed by atoms with Crippen molar-refractivity contribution in [1.82, 2.24) is 0 Å². The van der Waals surface area contributed by atoms with Gasteiger partial charge in [-0.25, -0.2) is 0 Å². The van der Waals surface area contributed by atoms with Crippen LogP contribution in [0.15, 0.2) is 12.2 Å². The van der Waals surface area contributed by atoms with Crippen LogP contribution in [0.5, 0.6) is 0 Å². The van der Waals surface area contributed by atoms with E-state index in [1.54, 1.807) is 0 Å². The summed E-state index contributed by atoms with van der Waals surface area (Å²) in [5.74, 6) is 1.78. The maximum Gasteiger partial charge on any atom is 0.416 e. The van der Waals surface area contributed by atoms with Crippen molar-refractivity contribution in [1.29, 1.82) is 0 Å². The van der Waals surface area contributed by atoms with Crippen LogP contribution in [0.1, 0.15) is 39.0 Å². The monoisotopic (exact) mass is 248 g/mol. The minimum Gasteiger partial charge on any atom is -0.381 e. The van der Waals surface area contributed by atoms with E-state index in [9.17, 15) is 18.3 Å². The van der Waals surface area contributed by atoms with Gasteiger partial charge < -0.3 is 5.11 Å². The second-order valence-corrected chi connectivity index (χ2v) is 5.70. The molecule has 1 fully saturated rings. The van der Waals surface area contributed by atoms with Gasteiger partial charge in [-0.05, 0) is 56.8 Å². The summed E-state index contributed by atoms with van der Waals surface area (Å²) in [7, 11) is 0. The third-order valence-electron chi connectivity index (χ3n) is 4.27. The van der Waals surface area contributed by atoms with Crippen molar-refractivity contribution < 1.29 is 18.3 Å². The number of aliphatic hydroxyl groups is 1. The molecule has 4 heteroatoms. The molecule has 17 heavy (non-hydrogen) atoms. The van der Waals surface area contributed by atoms with E-state index in [1.807, 2.05) is 0 Å². The molecular formula is C13H19F3O. The topological polar surface area (TPSA) is 20.2 Å². The number of allylic oxidation sites excluding steroid dienone is 2. The van der Waals surface area contributed by atoms with Crippen LogP contribution in [0, 0.1) is 17.8 Å². The molecule has 0 aromatic rings. The average Bonchev–Trinajstić information content (AvgIpc) is 2.76. The van der Waals surface area contributed by atoms with Crippen LogP contribution in [0.3, 0.4) is 0 Å². The first-order chi connectivity index (χ1) is 7.79. The zero-order valence-corrected chi connectivity index (χ0v) is 10.0. The van der Waals surface area contributed by atoms with Crippen molar-refractivity contribution in [2.24, 2.45) is 17.8 Å². The Bertz CT molecular complexity index is 306. The Kier molecular flexibility index (Phi) is 3.27. The smallest absolute Gasteiger partial charge is 0.381 e. The Morgan fingerprint density at radius 3 is 2.41 bits per heavy atom. The van der Waals surface area contributed by atoms with Crippen LogP contribution in [0.4, 0.5) is 13.2 Å². The summed E-state index contributed by atoms with van der Waals surface area (Å²) in [5, 5.41) is 9.32. The molecule has 1 N–H and O–H groups in total. The molecule has 1 saturated carbocycles. The Labute approximate surface area is 99.7 Å². The fraction of sp³-hybridized carbons (Fsp3) is 0.846. The van der Waals surface area contributed by atoms with Gasteiger partial charge in [-0.2, -0.15) is 13.2 Å². The Balaban J connectivity index is 1.75. The second-order valence-electron chi connectivity index (χ2n) is 5.70. The maximum atomic E-state index is 12.4. The van der Waals surface area contributed by atoms with Gasteiger partial charge in [-0.1, -0.05) is 12.2 Å². The molecule has 0 spiro atoms. The van der Waals surface area contributed by atoms with E-state index in [-0.39, 0.29) is 6.42 Å². The molecule has 0 aromatic carbocycles. The molecule has 0 radical (unpaired) electrons. The highest BCUT2D eigenvalue weighted by Crippen LogP contribution is 2.46. The van der Waals surface area contributed by atoms with Gasteiger partial charge in [0.05, 0.1) is 0 Å².